The standard InChI is InChI=1S/C15H31NS/c1-4-7-13-8-9-15(16-5-2)14(12-13)10-11-17-6-3/h13-16H,4-12H2,1-3H3. The Morgan fingerprint density at radius 1 is 1.12 bits per heavy atom. The summed E-state index contributed by atoms with van der Waals surface area (Å²) in [7, 11) is 0. The quantitative estimate of drug-likeness (QED) is 0.650. The summed E-state index contributed by atoms with van der Waals surface area (Å²) in [6, 6.07) is 0.811. The van der Waals surface area contributed by atoms with E-state index in [1.54, 1.807) is 0 Å². The highest BCUT2D eigenvalue weighted by molar-refractivity contribution is 7.99. The molecule has 3 atom stereocenters. The molecule has 0 saturated heterocycles. The summed E-state index contributed by atoms with van der Waals surface area (Å²) in [6.45, 7) is 7.99. The molecule has 0 bridgehead atoms. The van der Waals surface area contributed by atoms with E-state index < -0.39 is 0 Å². The van der Waals surface area contributed by atoms with Gasteiger partial charge in [0, 0.05) is 6.04 Å². The van der Waals surface area contributed by atoms with Crippen LogP contribution < -0.4 is 5.32 Å². The highest BCUT2D eigenvalue weighted by Crippen LogP contribution is 2.34. The van der Waals surface area contributed by atoms with Crippen LogP contribution in [0.3, 0.4) is 0 Å². The van der Waals surface area contributed by atoms with Gasteiger partial charge in [0.25, 0.3) is 0 Å². The third kappa shape index (κ3) is 5.65. The van der Waals surface area contributed by atoms with Crippen molar-refractivity contribution in [2.45, 2.75) is 65.3 Å². The van der Waals surface area contributed by atoms with Gasteiger partial charge in [-0.25, -0.2) is 0 Å². The van der Waals surface area contributed by atoms with E-state index in [0.717, 1.165) is 24.4 Å². The summed E-state index contributed by atoms with van der Waals surface area (Å²) in [4.78, 5) is 0. The van der Waals surface area contributed by atoms with Gasteiger partial charge in [-0.05, 0) is 55.6 Å². The van der Waals surface area contributed by atoms with Crippen molar-refractivity contribution in [1.82, 2.24) is 5.32 Å². The van der Waals surface area contributed by atoms with Gasteiger partial charge in [0.1, 0.15) is 0 Å². The lowest BCUT2D eigenvalue weighted by atomic mass is 9.75. The van der Waals surface area contributed by atoms with Crippen LogP contribution in [0.2, 0.25) is 0 Å². The molecule has 2 heteroatoms. The fourth-order valence-electron chi connectivity index (χ4n) is 3.26. The van der Waals surface area contributed by atoms with Crippen molar-refractivity contribution in [3.63, 3.8) is 0 Å². The maximum absolute atomic E-state index is 3.71. The van der Waals surface area contributed by atoms with E-state index in [-0.39, 0.29) is 0 Å². The van der Waals surface area contributed by atoms with E-state index in [0.29, 0.717) is 0 Å². The molecule has 102 valence electrons. The van der Waals surface area contributed by atoms with Gasteiger partial charge in [-0.15, -0.1) is 0 Å². The SMILES string of the molecule is CCCC1CCC(NCC)C(CCSCC)C1. The van der Waals surface area contributed by atoms with Crippen molar-refractivity contribution in [1.29, 1.82) is 0 Å². The van der Waals surface area contributed by atoms with Crippen LogP contribution in [0, 0.1) is 11.8 Å². The van der Waals surface area contributed by atoms with E-state index in [9.17, 15) is 0 Å². The second-order valence-corrected chi connectivity index (χ2v) is 6.77. The Kier molecular flexibility index (Phi) is 8.38. The molecule has 0 amide bonds. The highest BCUT2D eigenvalue weighted by atomic mass is 32.2. The molecule has 1 saturated carbocycles. The van der Waals surface area contributed by atoms with Crippen molar-refractivity contribution in [2.75, 3.05) is 18.1 Å². The van der Waals surface area contributed by atoms with Crippen LogP contribution in [0.15, 0.2) is 0 Å². The van der Waals surface area contributed by atoms with Crippen LogP contribution in [0.5, 0.6) is 0 Å². The zero-order valence-corrected chi connectivity index (χ0v) is 12.8. The van der Waals surface area contributed by atoms with E-state index in [2.05, 4.69) is 37.8 Å². The van der Waals surface area contributed by atoms with Crippen molar-refractivity contribution in [3.05, 3.63) is 0 Å². The molecule has 1 nitrogen and oxygen atoms in total. The van der Waals surface area contributed by atoms with E-state index >= 15 is 0 Å². The molecule has 1 rings (SSSR count). The second kappa shape index (κ2) is 9.27. The minimum Gasteiger partial charge on any atom is -0.314 e. The maximum Gasteiger partial charge on any atom is 0.00957 e. The van der Waals surface area contributed by atoms with E-state index in [1.165, 1.54) is 50.0 Å². The zero-order chi connectivity index (χ0) is 12.5. The molecular weight excluding hydrogens is 226 g/mol. The number of hydrogen-bond acceptors (Lipinski definition) is 2. The van der Waals surface area contributed by atoms with E-state index in [4.69, 9.17) is 0 Å². The zero-order valence-electron chi connectivity index (χ0n) is 12.0. The first-order valence-corrected chi connectivity index (χ1v) is 8.78. The molecule has 0 aromatic carbocycles. The largest absolute Gasteiger partial charge is 0.314 e. The summed E-state index contributed by atoms with van der Waals surface area (Å²) >= 11 is 2.11. The summed E-state index contributed by atoms with van der Waals surface area (Å²) in [6.07, 6.45) is 8.61. The smallest absolute Gasteiger partial charge is 0.00957 e. The second-order valence-electron chi connectivity index (χ2n) is 5.38. The average Bonchev–Trinajstić information content (AvgIpc) is 2.33. The lowest BCUT2D eigenvalue weighted by Crippen LogP contribution is -2.40. The first-order valence-electron chi connectivity index (χ1n) is 7.62. The number of hydrogen-bond donors (Lipinski definition) is 1. The molecule has 3 unspecified atom stereocenters. The van der Waals surface area contributed by atoms with Crippen LogP contribution in [0.4, 0.5) is 0 Å². The molecule has 0 spiro atoms. The predicted octanol–water partition coefficient (Wildman–Crippen LogP) is 4.32. The first kappa shape index (κ1) is 15.4. The molecule has 0 aliphatic heterocycles. The van der Waals surface area contributed by atoms with Gasteiger partial charge >= 0.3 is 0 Å². The van der Waals surface area contributed by atoms with Crippen LogP contribution in [-0.4, -0.2) is 24.1 Å². The lowest BCUT2D eigenvalue weighted by molar-refractivity contribution is 0.193. The highest BCUT2D eigenvalue weighted by Gasteiger charge is 2.28. The fraction of sp³-hybridized carbons (Fsp3) is 1.00. The minimum atomic E-state index is 0.811. The first-order chi connectivity index (χ1) is 8.31. The molecule has 0 aromatic rings. The van der Waals surface area contributed by atoms with Crippen molar-refractivity contribution >= 4 is 11.8 Å². The van der Waals surface area contributed by atoms with Crippen LogP contribution in [0.25, 0.3) is 0 Å². The summed E-state index contributed by atoms with van der Waals surface area (Å²) < 4.78 is 0. The van der Waals surface area contributed by atoms with Gasteiger partial charge < -0.3 is 5.32 Å². The van der Waals surface area contributed by atoms with Gasteiger partial charge in [-0.3, -0.25) is 0 Å². The average molecular weight is 257 g/mol. The molecule has 1 aliphatic carbocycles. The van der Waals surface area contributed by atoms with Crippen LogP contribution in [-0.2, 0) is 0 Å². The van der Waals surface area contributed by atoms with Gasteiger partial charge in [0.05, 0.1) is 0 Å². The van der Waals surface area contributed by atoms with Gasteiger partial charge in [-0.1, -0.05) is 33.6 Å². The molecule has 1 aliphatic rings. The Morgan fingerprint density at radius 2 is 1.94 bits per heavy atom. The Balaban J connectivity index is 2.38. The number of thioether (sulfide) groups is 1. The molecule has 0 heterocycles. The Hall–Kier alpha value is 0.310. The monoisotopic (exact) mass is 257 g/mol. The fourth-order valence-corrected chi connectivity index (χ4v) is 4.02. The van der Waals surface area contributed by atoms with Crippen LogP contribution >= 0.6 is 11.8 Å². The van der Waals surface area contributed by atoms with Crippen LogP contribution in [0.1, 0.15) is 59.3 Å². The molecular formula is C15H31NS. The summed E-state index contributed by atoms with van der Waals surface area (Å²) in [5.74, 6) is 4.60. The Bertz CT molecular complexity index is 184. The Morgan fingerprint density at radius 3 is 2.59 bits per heavy atom. The molecule has 0 aromatic heterocycles. The molecule has 17 heavy (non-hydrogen) atoms. The Labute approximate surface area is 113 Å². The number of nitrogens with one attached hydrogen (secondary N) is 1. The topological polar surface area (TPSA) is 12.0 Å². The van der Waals surface area contributed by atoms with E-state index in [1.807, 2.05) is 0 Å². The van der Waals surface area contributed by atoms with Crippen molar-refractivity contribution < 1.29 is 0 Å². The van der Waals surface area contributed by atoms with Gasteiger partial charge in [-0.2, -0.15) is 11.8 Å². The summed E-state index contributed by atoms with van der Waals surface area (Å²) in [5.41, 5.74) is 0. The number of rotatable bonds is 8. The minimum absolute atomic E-state index is 0.811. The third-order valence-electron chi connectivity index (χ3n) is 4.09. The summed E-state index contributed by atoms with van der Waals surface area (Å²) in [5, 5.41) is 3.71. The van der Waals surface area contributed by atoms with Gasteiger partial charge in [0.15, 0.2) is 0 Å². The van der Waals surface area contributed by atoms with Gasteiger partial charge in [0.2, 0.25) is 0 Å². The third-order valence-corrected chi connectivity index (χ3v) is 5.02. The lowest BCUT2D eigenvalue weighted by Gasteiger charge is -2.37. The van der Waals surface area contributed by atoms with Crippen molar-refractivity contribution in [2.24, 2.45) is 11.8 Å². The molecule has 0 radical (unpaired) electrons. The normalized spacial score (nSPS) is 29.5. The van der Waals surface area contributed by atoms with Crippen molar-refractivity contribution in [3.8, 4) is 0 Å². The molecule has 1 N–H and O–H groups in total. The molecule has 1 fully saturated rings. The predicted molar refractivity (Wildman–Crippen MR) is 80.8 cm³/mol. The maximum atomic E-state index is 3.71.